The number of urea groups is 1. The van der Waals surface area contributed by atoms with Gasteiger partial charge >= 0.3 is 6.03 Å². The molecule has 5 nitrogen and oxygen atoms in total. The number of aryl methyl sites for hydroxylation is 1. The molecule has 1 atom stereocenters. The predicted molar refractivity (Wildman–Crippen MR) is 94.5 cm³/mol. The lowest BCUT2D eigenvalue weighted by molar-refractivity contribution is 0.237. The summed E-state index contributed by atoms with van der Waals surface area (Å²) in [5, 5.41) is 5.79. The van der Waals surface area contributed by atoms with Gasteiger partial charge in [-0.05, 0) is 37.6 Å². The Labute approximate surface area is 143 Å². The van der Waals surface area contributed by atoms with Crippen LogP contribution in [-0.4, -0.2) is 20.3 Å². The van der Waals surface area contributed by atoms with Crippen LogP contribution in [0, 0.1) is 6.92 Å². The zero-order chi connectivity index (χ0) is 17.5. The van der Waals surface area contributed by atoms with Crippen molar-refractivity contribution in [2.45, 2.75) is 26.4 Å². The molecule has 2 rings (SSSR count). The average molecular weight is 328 g/mol. The number of amides is 2. The first-order valence-corrected chi connectivity index (χ1v) is 7.85. The molecule has 0 aromatic heterocycles. The van der Waals surface area contributed by atoms with E-state index in [2.05, 4.69) is 16.7 Å². The largest absolute Gasteiger partial charge is 0.497 e. The summed E-state index contributed by atoms with van der Waals surface area (Å²) in [6.45, 7) is 4.42. The molecule has 0 aliphatic carbocycles. The fourth-order valence-electron chi connectivity index (χ4n) is 2.51. The third-order valence-corrected chi connectivity index (χ3v) is 3.79. The third-order valence-electron chi connectivity index (χ3n) is 3.79. The van der Waals surface area contributed by atoms with E-state index in [4.69, 9.17) is 9.47 Å². The third kappa shape index (κ3) is 4.65. The molecule has 0 radical (unpaired) electrons. The highest BCUT2D eigenvalue weighted by molar-refractivity contribution is 5.74. The monoisotopic (exact) mass is 328 g/mol. The topological polar surface area (TPSA) is 59.6 Å². The van der Waals surface area contributed by atoms with Gasteiger partial charge < -0.3 is 20.1 Å². The second-order valence-corrected chi connectivity index (χ2v) is 5.65. The molecule has 1 unspecified atom stereocenters. The molecule has 0 spiro atoms. The number of hydrogen-bond acceptors (Lipinski definition) is 3. The van der Waals surface area contributed by atoms with Crippen molar-refractivity contribution in [3.8, 4) is 11.5 Å². The van der Waals surface area contributed by atoms with Crippen LogP contribution in [0.25, 0.3) is 0 Å². The standard InChI is InChI=1S/C19H24N2O3/c1-13-6-5-7-15(10-13)12-20-19(22)21-14(2)17-11-16(23-3)8-9-18(17)24-4/h5-11,14H,12H2,1-4H3,(H2,20,21,22). The number of methoxy groups -OCH3 is 2. The van der Waals surface area contributed by atoms with Gasteiger partial charge in [-0.2, -0.15) is 0 Å². The van der Waals surface area contributed by atoms with Crippen LogP contribution in [0.15, 0.2) is 42.5 Å². The van der Waals surface area contributed by atoms with Crippen LogP contribution in [0.4, 0.5) is 4.79 Å². The summed E-state index contributed by atoms with van der Waals surface area (Å²) in [7, 11) is 3.22. The van der Waals surface area contributed by atoms with Crippen LogP contribution < -0.4 is 20.1 Å². The van der Waals surface area contributed by atoms with E-state index >= 15 is 0 Å². The van der Waals surface area contributed by atoms with E-state index in [1.165, 1.54) is 5.56 Å². The van der Waals surface area contributed by atoms with E-state index in [1.54, 1.807) is 14.2 Å². The minimum absolute atomic E-state index is 0.215. The summed E-state index contributed by atoms with van der Waals surface area (Å²) in [6, 6.07) is 13.1. The van der Waals surface area contributed by atoms with Gasteiger partial charge in [0.2, 0.25) is 0 Å². The quantitative estimate of drug-likeness (QED) is 0.852. The summed E-state index contributed by atoms with van der Waals surface area (Å²) < 4.78 is 10.6. The van der Waals surface area contributed by atoms with Crippen molar-refractivity contribution in [3.05, 3.63) is 59.2 Å². The van der Waals surface area contributed by atoms with Gasteiger partial charge in [0, 0.05) is 12.1 Å². The van der Waals surface area contributed by atoms with Gasteiger partial charge in [0.05, 0.1) is 20.3 Å². The normalized spacial score (nSPS) is 11.5. The number of carbonyl (C=O) groups excluding carboxylic acids is 1. The summed E-state index contributed by atoms with van der Waals surface area (Å²) in [4.78, 5) is 12.1. The molecule has 0 aliphatic heterocycles. The highest BCUT2D eigenvalue weighted by Crippen LogP contribution is 2.29. The minimum Gasteiger partial charge on any atom is -0.497 e. The Hall–Kier alpha value is -2.69. The second-order valence-electron chi connectivity index (χ2n) is 5.65. The van der Waals surface area contributed by atoms with Crippen molar-refractivity contribution in [1.29, 1.82) is 0 Å². The van der Waals surface area contributed by atoms with Gasteiger partial charge in [-0.25, -0.2) is 4.79 Å². The lowest BCUT2D eigenvalue weighted by atomic mass is 10.1. The fraction of sp³-hybridized carbons (Fsp3) is 0.316. The molecule has 0 bridgehead atoms. The molecule has 0 heterocycles. The molecule has 2 N–H and O–H groups in total. The van der Waals surface area contributed by atoms with E-state index in [0.717, 1.165) is 16.9 Å². The molecule has 2 aromatic carbocycles. The molecule has 2 amide bonds. The lowest BCUT2D eigenvalue weighted by Gasteiger charge is -2.18. The Kier molecular flexibility index (Phi) is 6.07. The molecule has 0 fully saturated rings. The van der Waals surface area contributed by atoms with Gasteiger partial charge in [0.1, 0.15) is 11.5 Å². The Balaban J connectivity index is 1.98. The van der Waals surface area contributed by atoms with Crippen LogP contribution in [0.2, 0.25) is 0 Å². The number of ether oxygens (including phenoxy) is 2. The van der Waals surface area contributed by atoms with Crippen LogP contribution in [-0.2, 0) is 6.54 Å². The Morgan fingerprint density at radius 2 is 1.92 bits per heavy atom. The van der Waals surface area contributed by atoms with Gasteiger partial charge in [-0.15, -0.1) is 0 Å². The summed E-state index contributed by atoms with van der Waals surface area (Å²) in [5.41, 5.74) is 3.10. The summed E-state index contributed by atoms with van der Waals surface area (Å²) in [6.07, 6.45) is 0. The van der Waals surface area contributed by atoms with Gasteiger partial charge in [0.25, 0.3) is 0 Å². The first kappa shape index (κ1) is 17.7. The Bertz CT molecular complexity index is 701. The zero-order valence-electron chi connectivity index (χ0n) is 14.6. The molecule has 0 saturated carbocycles. The molecular weight excluding hydrogens is 304 g/mol. The van der Waals surface area contributed by atoms with E-state index in [0.29, 0.717) is 12.3 Å². The molecule has 128 valence electrons. The van der Waals surface area contributed by atoms with Crippen LogP contribution >= 0.6 is 0 Å². The second kappa shape index (κ2) is 8.24. The molecule has 2 aromatic rings. The SMILES string of the molecule is COc1ccc(OC)c(C(C)NC(=O)NCc2cccc(C)c2)c1. The maximum atomic E-state index is 12.1. The first-order chi connectivity index (χ1) is 11.5. The first-order valence-electron chi connectivity index (χ1n) is 7.85. The average Bonchev–Trinajstić information content (AvgIpc) is 2.59. The number of hydrogen-bond donors (Lipinski definition) is 2. The van der Waals surface area contributed by atoms with Crippen molar-refractivity contribution >= 4 is 6.03 Å². The van der Waals surface area contributed by atoms with E-state index in [1.807, 2.05) is 50.2 Å². The maximum absolute atomic E-state index is 12.1. The van der Waals surface area contributed by atoms with Crippen molar-refractivity contribution in [1.82, 2.24) is 10.6 Å². The summed E-state index contributed by atoms with van der Waals surface area (Å²) in [5.74, 6) is 1.43. The number of rotatable bonds is 6. The molecular formula is C19H24N2O3. The van der Waals surface area contributed by atoms with E-state index < -0.39 is 0 Å². The molecule has 5 heteroatoms. The van der Waals surface area contributed by atoms with Crippen molar-refractivity contribution in [2.24, 2.45) is 0 Å². The van der Waals surface area contributed by atoms with Gasteiger partial charge in [-0.3, -0.25) is 0 Å². The van der Waals surface area contributed by atoms with Crippen LogP contribution in [0.3, 0.4) is 0 Å². The zero-order valence-corrected chi connectivity index (χ0v) is 14.6. The highest BCUT2D eigenvalue weighted by atomic mass is 16.5. The fourth-order valence-corrected chi connectivity index (χ4v) is 2.51. The van der Waals surface area contributed by atoms with E-state index in [-0.39, 0.29) is 12.1 Å². The number of nitrogens with one attached hydrogen (secondary N) is 2. The molecule has 0 aliphatic rings. The van der Waals surface area contributed by atoms with E-state index in [9.17, 15) is 4.79 Å². The minimum atomic E-state index is -0.228. The number of carbonyl (C=O) groups is 1. The summed E-state index contributed by atoms with van der Waals surface area (Å²) >= 11 is 0. The smallest absolute Gasteiger partial charge is 0.315 e. The molecule has 24 heavy (non-hydrogen) atoms. The van der Waals surface area contributed by atoms with Crippen molar-refractivity contribution < 1.29 is 14.3 Å². The van der Waals surface area contributed by atoms with Gasteiger partial charge in [-0.1, -0.05) is 29.8 Å². The van der Waals surface area contributed by atoms with Crippen LogP contribution in [0.1, 0.15) is 29.7 Å². The highest BCUT2D eigenvalue weighted by Gasteiger charge is 2.15. The van der Waals surface area contributed by atoms with Gasteiger partial charge in [0.15, 0.2) is 0 Å². The van der Waals surface area contributed by atoms with Crippen molar-refractivity contribution in [3.63, 3.8) is 0 Å². The van der Waals surface area contributed by atoms with Crippen molar-refractivity contribution in [2.75, 3.05) is 14.2 Å². The van der Waals surface area contributed by atoms with Crippen LogP contribution in [0.5, 0.6) is 11.5 Å². The Morgan fingerprint density at radius 3 is 2.58 bits per heavy atom. The number of benzene rings is 2. The maximum Gasteiger partial charge on any atom is 0.315 e. The predicted octanol–water partition coefficient (Wildman–Crippen LogP) is 3.57. The lowest BCUT2D eigenvalue weighted by Crippen LogP contribution is -2.36. The molecule has 0 saturated heterocycles. The Morgan fingerprint density at radius 1 is 1.12 bits per heavy atom.